The third kappa shape index (κ3) is 2.24. The monoisotopic (exact) mass is 311 g/mol. The molecular weight excluding hydrogens is 305 g/mol. The Morgan fingerprint density at radius 2 is 1.36 bits per heavy atom. The molecule has 0 spiro atoms. The van der Waals surface area contributed by atoms with Gasteiger partial charge in [-0.1, -0.05) is 12.1 Å². The number of hydrogen-bond acceptors (Lipinski definition) is 2. The van der Waals surface area contributed by atoms with Crippen LogP contribution in [0.3, 0.4) is 0 Å². The summed E-state index contributed by atoms with van der Waals surface area (Å²) in [6, 6.07) is 6.68. The number of para-hydroxylation sites is 2. The lowest BCUT2D eigenvalue weighted by molar-refractivity contribution is 0.377. The third-order valence-corrected chi connectivity index (χ3v) is 2.95. The minimum Gasteiger partial charge on any atom is -0.437 e. The topological polar surface area (TPSA) is 26.0 Å². The molecule has 0 aliphatic rings. The summed E-state index contributed by atoms with van der Waals surface area (Å²) >= 11 is 0. The van der Waals surface area contributed by atoms with Crippen LogP contribution in [0.4, 0.5) is 22.0 Å². The van der Waals surface area contributed by atoms with E-state index in [-0.39, 0.29) is 5.89 Å². The Balaban J connectivity index is 2.06. The highest BCUT2D eigenvalue weighted by atomic mass is 19.2. The van der Waals surface area contributed by atoms with Crippen LogP contribution in [0.25, 0.3) is 23.3 Å². The Morgan fingerprint density at radius 3 is 2.00 bits per heavy atom. The standard InChI is InChI=1S/C15H6F5NO/c16-11-7(12(17)14(19)15(20)13(11)18)5-6-10-21-8-3-1-2-4-9(8)22-10/h1-6H. The first-order valence-electron chi connectivity index (χ1n) is 6.04. The van der Waals surface area contributed by atoms with Gasteiger partial charge in [0.1, 0.15) is 5.52 Å². The Kier molecular flexibility index (Phi) is 3.40. The van der Waals surface area contributed by atoms with Crippen molar-refractivity contribution in [3.63, 3.8) is 0 Å². The molecule has 112 valence electrons. The number of fused-ring (bicyclic) bond motifs is 1. The molecule has 0 fully saturated rings. The zero-order valence-electron chi connectivity index (χ0n) is 10.7. The summed E-state index contributed by atoms with van der Waals surface area (Å²) in [7, 11) is 0. The second-order valence-corrected chi connectivity index (χ2v) is 4.34. The van der Waals surface area contributed by atoms with E-state index in [2.05, 4.69) is 4.98 Å². The summed E-state index contributed by atoms with van der Waals surface area (Å²) in [5.74, 6) is -10.1. The third-order valence-electron chi connectivity index (χ3n) is 2.95. The number of hydrogen-bond donors (Lipinski definition) is 0. The van der Waals surface area contributed by atoms with Crippen LogP contribution in [0, 0.1) is 29.1 Å². The Hall–Kier alpha value is -2.70. The van der Waals surface area contributed by atoms with Gasteiger partial charge >= 0.3 is 0 Å². The van der Waals surface area contributed by atoms with Crippen LogP contribution >= 0.6 is 0 Å². The number of nitrogens with zero attached hydrogens (tertiary/aromatic N) is 1. The van der Waals surface area contributed by atoms with Crippen molar-refractivity contribution in [3.8, 4) is 0 Å². The molecule has 0 saturated heterocycles. The minimum atomic E-state index is -2.20. The summed E-state index contributed by atoms with van der Waals surface area (Å²) in [6.45, 7) is 0. The van der Waals surface area contributed by atoms with Crippen LogP contribution in [0.5, 0.6) is 0 Å². The fourth-order valence-electron chi connectivity index (χ4n) is 1.88. The average Bonchev–Trinajstić information content (AvgIpc) is 2.94. The molecular formula is C15H6F5NO. The van der Waals surface area contributed by atoms with Crippen LogP contribution in [0.2, 0.25) is 0 Å². The van der Waals surface area contributed by atoms with Gasteiger partial charge in [0, 0.05) is 6.08 Å². The Morgan fingerprint density at radius 1 is 0.773 bits per heavy atom. The van der Waals surface area contributed by atoms with Crippen LogP contribution in [-0.2, 0) is 0 Å². The summed E-state index contributed by atoms with van der Waals surface area (Å²) in [4.78, 5) is 3.99. The molecule has 0 aliphatic heterocycles. The second kappa shape index (κ2) is 5.25. The average molecular weight is 311 g/mol. The van der Waals surface area contributed by atoms with Gasteiger partial charge in [-0.15, -0.1) is 0 Å². The minimum absolute atomic E-state index is 0.0230. The SMILES string of the molecule is Fc1c(F)c(F)c(C=Cc2nc3ccccc3o2)c(F)c1F. The van der Waals surface area contributed by atoms with E-state index >= 15 is 0 Å². The molecule has 0 aliphatic carbocycles. The van der Waals surface area contributed by atoms with Crippen molar-refractivity contribution in [2.75, 3.05) is 0 Å². The molecule has 3 rings (SSSR count). The van der Waals surface area contributed by atoms with Crippen molar-refractivity contribution >= 4 is 23.3 Å². The first kappa shape index (κ1) is 14.2. The van der Waals surface area contributed by atoms with Gasteiger partial charge in [0.05, 0.1) is 5.56 Å². The Labute approximate surface area is 120 Å². The molecule has 0 N–H and O–H groups in total. The van der Waals surface area contributed by atoms with Gasteiger partial charge in [-0.3, -0.25) is 0 Å². The molecule has 2 nitrogen and oxygen atoms in total. The molecule has 1 heterocycles. The van der Waals surface area contributed by atoms with Crippen molar-refractivity contribution in [1.29, 1.82) is 0 Å². The summed E-state index contributed by atoms with van der Waals surface area (Å²) in [5, 5.41) is 0. The lowest BCUT2D eigenvalue weighted by atomic mass is 10.1. The first-order valence-corrected chi connectivity index (χ1v) is 6.04. The van der Waals surface area contributed by atoms with E-state index in [1.165, 1.54) is 0 Å². The molecule has 0 atom stereocenters. The lowest BCUT2D eigenvalue weighted by Crippen LogP contribution is -2.03. The molecule has 0 bridgehead atoms. The van der Waals surface area contributed by atoms with Gasteiger partial charge in [-0.2, -0.15) is 0 Å². The molecule has 0 saturated carbocycles. The van der Waals surface area contributed by atoms with E-state index in [0.29, 0.717) is 11.1 Å². The highest BCUT2D eigenvalue weighted by Gasteiger charge is 2.24. The first-order chi connectivity index (χ1) is 10.5. The van der Waals surface area contributed by atoms with Gasteiger partial charge < -0.3 is 4.42 Å². The van der Waals surface area contributed by atoms with E-state index in [0.717, 1.165) is 12.2 Å². The summed E-state index contributed by atoms with van der Waals surface area (Å²) in [6.07, 6.45) is 1.75. The zero-order chi connectivity index (χ0) is 15.9. The molecule has 3 aromatic rings. The molecule has 0 radical (unpaired) electrons. The van der Waals surface area contributed by atoms with Crippen molar-refractivity contribution in [2.24, 2.45) is 0 Å². The van der Waals surface area contributed by atoms with E-state index in [9.17, 15) is 22.0 Å². The highest BCUT2D eigenvalue weighted by molar-refractivity contribution is 5.76. The van der Waals surface area contributed by atoms with E-state index in [1.54, 1.807) is 24.3 Å². The van der Waals surface area contributed by atoms with Crippen LogP contribution in [0.1, 0.15) is 11.5 Å². The smallest absolute Gasteiger partial charge is 0.220 e. The van der Waals surface area contributed by atoms with Crippen LogP contribution in [-0.4, -0.2) is 4.98 Å². The molecule has 0 amide bonds. The lowest BCUT2D eigenvalue weighted by Gasteiger charge is -2.03. The zero-order valence-corrected chi connectivity index (χ0v) is 10.7. The highest BCUT2D eigenvalue weighted by Crippen LogP contribution is 2.25. The number of aromatic nitrogens is 1. The van der Waals surface area contributed by atoms with Gasteiger partial charge in [0.2, 0.25) is 11.7 Å². The maximum absolute atomic E-state index is 13.5. The maximum Gasteiger partial charge on any atom is 0.220 e. The van der Waals surface area contributed by atoms with Gasteiger partial charge in [0.15, 0.2) is 28.9 Å². The van der Waals surface area contributed by atoms with Gasteiger partial charge in [-0.25, -0.2) is 26.9 Å². The molecule has 1 aromatic heterocycles. The summed E-state index contributed by atoms with van der Waals surface area (Å²) < 4.78 is 71.3. The van der Waals surface area contributed by atoms with E-state index in [4.69, 9.17) is 4.42 Å². The van der Waals surface area contributed by atoms with Crippen LogP contribution in [0.15, 0.2) is 28.7 Å². The molecule has 2 aromatic carbocycles. The number of rotatable bonds is 2. The van der Waals surface area contributed by atoms with Crippen molar-refractivity contribution < 1.29 is 26.4 Å². The normalized spacial score (nSPS) is 11.7. The Bertz CT molecular complexity index is 838. The fraction of sp³-hybridized carbons (Fsp3) is 0. The molecule has 0 unspecified atom stereocenters. The predicted molar refractivity (Wildman–Crippen MR) is 69.2 cm³/mol. The molecule has 7 heteroatoms. The largest absolute Gasteiger partial charge is 0.437 e. The van der Waals surface area contributed by atoms with Crippen molar-refractivity contribution in [2.45, 2.75) is 0 Å². The van der Waals surface area contributed by atoms with Crippen molar-refractivity contribution in [3.05, 3.63) is 64.8 Å². The van der Waals surface area contributed by atoms with Gasteiger partial charge in [-0.05, 0) is 18.2 Å². The van der Waals surface area contributed by atoms with Crippen molar-refractivity contribution in [1.82, 2.24) is 4.98 Å². The quantitative estimate of drug-likeness (QED) is 0.390. The van der Waals surface area contributed by atoms with Crippen LogP contribution < -0.4 is 0 Å². The number of oxazole rings is 1. The maximum atomic E-state index is 13.5. The van der Waals surface area contributed by atoms with Gasteiger partial charge in [0.25, 0.3) is 0 Å². The predicted octanol–water partition coefficient (Wildman–Crippen LogP) is 4.69. The van der Waals surface area contributed by atoms with E-state index < -0.39 is 34.6 Å². The number of halogens is 5. The van der Waals surface area contributed by atoms with E-state index in [1.807, 2.05) is 0 Å². The second-order valence-electron chi connectivity index (χ2n) is 4.34. The molecule has 22 heavy (non-hydrogen) atoms. The number of benzene rings is 2. The summed E-state index contributed by atoms with van der Waals surface area (Å²) in [5.41, 5.74) is -0.127. The fourth-order valence-corrected chi connectivity index (χ4v) is 1.88.